The van der Waals surface area contributed by atoms with Crippen LogP contribution >= 0.6 is 11.3 Å². The molecule has 0 saturated carbocycles. The van der Waals surface area contributed by atoms with Gasteiger partial charge in [-0.2, -0.15) is 10.4 Å². The number of anilines is 1. The predicted molar refractivity (Wildman–Crippen MR) is 99.2 cm³/mol. The number of rotatable bonds is 4. The van der Waals surface area contributed by atoms with E-state index in [1.807, 2.05) is 37.4 Å². The maximum absolute atomic E-state index is 13.0. The number of halogens is 1. The van der Waals surface area contributed by atoms with Gasteiger partial charge in [-0.25, -0.2) is 9.37 Å². The van der Waals surface area contributed by atoms with Crippen LogP contribution in [0.3, 0.4) is 0 Å². The summed E-state index contributed by atoms with van der Waals surface area (Å²) >= 11 is 1.32. The van der Waals surface area contributed by atoms with E-state index in [9.17, 15) is 9.65 Å². The number of aromatic nitrogens is 1. The largest absolute Gasteiger partial charge is 0.277 e. The third-order valence-electron chi connectivity index (χ3n) is 3.62. The van der Waals surface area contributed by atoms with E-state index in [4.69, 9.17) is 0 Å². The minimum Gasteiger partial charge on any atom is -0.277 e. The van der Waals surface area contributed by atoms with Gasteiger partial charge in [-0.05, 0) is 49.7 Å². The predicted octanol–water partition coefficient (Wildman–Crippen LogP) is 4.91. The van der Waals surface area contributed by atoms with Crippen LogP contribution in [0, 0.1) is 31.0 Å². The van der Waals surface area contributed by atoms with Crippen molar-refractivity contribution in [3.05, 3.63) is 69.8 Å². The number of hydrazone groups is 1. The summed E-state index contributed by atoms with van der Waals surface area (Å²) in [7, 11) is 0. The van der Waals surface area contributed by atoms with Crippen LogP contribution in [0.4, 0.5) is 10.1 Å². The van der Waals surface area contributed by atoms with Crippen molar-refractivity contribution in [3.63, 3.8) is 0 Å². The zero-order chi connectivity index (χ0) is 17.8. The van der Waals surface area contributed by atoms with E-state index in [1.54, 1.807) is 12.1 Å². The van der Waals surface area contributed by atoms with Crippen molar-refractivity contribution in [2.45, 2.75) is 13.8 Å². The summed E-state index contributed by atoms with van der Waals surface area (Å²) in [6.07, 6.45) is 0. The van der Waals surface area contributed by atoms with Crippen LogP contribution in [0.25, 0.3) is 11.3 Å². The van der Waals surface area contributed by atoms with Gasteiger partial charge in [-0.15, -0.1) is 11.3 Å². The van der Waals surface area contributed by atoms with Crippen molar-refractivity contribution >= 4 is 22.7 Å². The number of benzene rings is 2. The molecule has 6 heteroatoms. The van der Waals surface area contributed by atoms with Crippen LogP contribution in [-0.4, -0.2) is 10.7 Å². The Hall–Kier alpha value is -3.04. The van der Waals surface area contributed by atoms with Gasteiger partial charge in [0.15, 0.2) is 10.7 Å². The first-order valence-corrected chi connectivity index (χ1v) is 8.47. The maximum Gasteiger partial charge on any atom is 0.196 e. The van der Waals surface area contributed by atoms with Crippen LogP contribution in [-0.2, 0) is 0 Å². The van der Waals surface area contributed by atoms with E-state index in [2.05, 4.69) is 21.6 Å². The molecule has 124 valence electrons. The monoisotopic (exact) mass is 350 g/mol. The summed E-state index contributed by atoms with van der Waals surface area (Å²) in [5.41, 5.74) is 7.67. The van der Waals surface area contributed by atoms with Crippen molar-refractivity contribution in [1.29, 1.82) is 5.26 Å². The van der Waals surface area contributed by atoms with Crippen molar-refractivity contribution in [2.24, 2.45) is 5.10 Å². The summed E-state index contributed by atoms with van der Waals surface area (Å²) in [4.78, 5) is 4.43. The van der Waals surface area contributed by atoms with E-state index in [1.165, 1.54) is 23.5 Å². The van der Waals surface area contributed by atoms with E-state index in [0.29, 0.717) is 10.7 Å². The van der Waals surface area contributed by atoms with Crippen LogP contribution < -0.4 is 5.43 Å². The molecule has 3 rings (SSSR count). The molecule has 0 aliphatic carbocycles. The summed E-state index contributed by atoms with van der Waals surface area (Å²) in [5, 5.41) is 15.9. The standard InChI is InChI=1S/C19H15FN4S/c1-12-3-8-16(13(2)9-12)23-24-17(10-21)19-22-18(11-25-19)14-4-6-15(20)7-5-14/h3-9,11,23H,1-2H3. The second-order valence-corrected chi connectivity index (χ2v) is 6.41. The number of nitrogens with zero attached hydrogens (tertiary/aromatic N) is 3. The van der Waals surface area contributed by atoms with Gasteiger partial charge in [-0.1, -0.05) is 17.7 Å². The lowest BCUT2D eigenvalue weighted by atomic mass is 10.1. The Kier molecular flexibility index (Phi) is 4.87. The van der Waals surface area contributed by atoms with Crippen LogP contribution in [0.2, 0.25) is 0 Å². The van der Waals surface area contributed by atoms with E-state index in [-0.39, 0.29) is 11.5 Å². The topological polar surface area (TPSA) is 61.1 Å². The molecule has 1 N–H and O–H groups in total. The average molecular weight is 350 g/mol. The van der Waals surface area contributed by atoms with E-state index >= 15 is 0 Å². The number of hydrogen-bond acceptors (Lipinski definition) is 5. The third-order valence-corrected chi connectivity index (χ3v) is 4.47. The smallest absolute Gasteiger partial charge is 0.196 e. The number of hydrogen-bond donors (Lipinski definition) is 1. The first kappa shape index (κ1) is 16.8. The van der Waals surface area contributed by atoms with E-state index in [0.717, 1.165) is 22.4 Å². The molecule has 0 fully saturated rings. The average Bonchev–Trinajstić information content (AvgIpc) is 3.07. The molecule has 0 saturated heterocycles. The molecule has 0 amide bonds. The number of nitriles is 1. The molecule has 0 bridgehead atoms. The fourth-order valence-corrected chi connectivity index (χ4v) is 3.08. The summed E-state index contributed by atoms with van der Waals surface area (Å²) in [5.74, 6) is -0.295. The SMILES string of the molecule is Cc1ccc(NN=C(C#N)c2nc(-c3ccc(F)cc3)cs2)c(C)c1. The minimum atomic E-state index is -0.295. The number of nitrogens with one attached hydrogen (secondary N) is 1. The lowest BCUT2D eigenvalue weighted by Crippen LogP contribution is -2.02. The van der Waals surface area contributed by atoms with E-state index < -0.39 is 0 Å². The molecule has 0 atom stereocenters. The van der Waals surface area contributed by atoms with Gasteiger partial charge in [0.1, 0.15) is 11.9 Å². The highest BCUT2D eigenvalue weighted by Gasteiger charge is 2.11. The van der Waals surface area contributed by atoms with Gasteiger partial charge >= 0.3 is 0 Å². The van der Waals surface area contributed by atoms with Gasteiger partial charge < -0.3 is 0 Å². The maximum atomic E-state index is 13.0. The Morgan fingerprint density at radius 3 is 2.64 bits per heavy atom. The van der Waals surface area contributed by atoms with Crippen LogP contribution in [0.15, 0.2) is 52.9 Å². The highest BCUT2D eigenvalue weighted by atomic mass is 32.1. The molecule has 1 heterocycles. The number of thiazole rings is 1. The molecule has 0 aliphatic heterocycles. The lowest BCUT2D eigenvalue weighted by Gasteiger charge is -2.05. The third kappa shape index (κ3) is 3.90. The van der Waals surface area contributed by atoms with Gasteiger partial charge in [-0.3, -0.25) is 5.43 Å². The summed E-state index contributed by atoms with van der Waals surface area (Å²) in [6, 6.07) is 14.1. The molecule has 0 unspecified atom stereocenters. The molecule has 25 heavy (non-hydrogen) atoms. The second-order valence-electron chi connectivity index (χ2n) is 5.55. The van der Waals surface area contributed by atoms with Crippen molar-refractivity contribution in [2.75, 3.05) is 5.43 Å². The Balaban J connectivity index is 1.84. The number of aryl methyl sites for hydroxylation is 2. The molecule has 3 aromatic rings. The molecular formula is C19H15FN4S. The molecule has 2 aromatic carbocycles. The highest BCUT2D eigenvalue weighted by Crippen LogP contribution is 2.23. The van der Waals surface area contributed by atoms with Crippen molar-refractivity contribution < 1.29 is 4.39 Å². The van der Waals surface area contributed by atoms with Crippen LogP contribution in [0.1, 0.15) is 16.1 Å². The summed E-state index contributed by atoms with van der Waals surface area (Å²) < 4.78 is 13.0. The normalized spacial score (nSPS) is 11.2. The lowest BCUT2D eigenvalue weighted by molar-refractivity contribution is 0.628. The first-order valence-electron chi connectivity index (χ1n) is 7.59. The Labute approximate surface area is 149 Å². The van der Waals surface area contributed by atoms with Gasteiger partial charge in [0, 0.05) is 10.9 Å². The molecule has 0 radical (unpaired) electrons. The minimum absolute atomic E-state index is 0.207. The zero-order valence-corrected chi connectivity index (χ0v) is 14.6. The zero-order valence-electron chi connectivity index (χ0n) is 13.7. The fraction of sp³-hybridized carbons (Fsp3) is 0.105. The Morgan fingerprint density at radius 1 is 1.20 bits per heavy atom. The fourth-order valence-electron chi connectivity index (χ4n) is 2.31. The second kappa shape index (κ2) is 7.24. The highest BCUT2D eigenvalue weighted by molar-refractivity contribution is 7.12. The van der Waals surface area contributed by atoms with Gasteiger partial charge in [0.05, 0.1) is 11.4 Å². The Bertz CT molecular complexity index is 968. The quantitative estimate of drug-likeness (QED) is 0.537. The molecule has 0 spiro atoms. The Morgan fingerprint density at radius 2 is 1.96 bits per heavy atom. The van der Waals surface area contributed by atoms with Crippen LogP contribution in [0.5, 0.6) is 0 Å². The molecule has 0 aliphatic rings. The molecular weight excluding hydrogens is 335 g/mol. The molecule has 4 nitrogen and oxygen atoms in total. The summed E-state index contributed by atoms with van der Waals surface area (Å²) in [6.45, 7) is 4.00. The van der Waals surface area contributed by atoms with Crippen molar-refractivity contribution in [1.82, 2.24) is 4.98 Å². The molecule has 1 aromatic heterocycles. The van der Waals surface area contributed by atoms with Gasteiger partial charge in [0.25, 0.3) is 0 Å². The first-order chi connectivity index (χ1) is 12.1. The van der Waals surface area contributed by atoms with Gasteiger partial charge in [0.2, 0.25) is 0 Å². The van der Waals surface area contributed by atoms with Crippen molar-refractivity contribution in [3.8, 4) is 17.3 Å².